The Bertz CT molecular complexity index is 352. The fourth-order valence-electron chi connectivity index (χ4n) is 1.29. The first-order valence-corrected chi connectivity index (χ1v) is 5.33. The molecular formula is C15H19B. The van der Waals surface area contributed by atoms with E-state index in [0.717, 1.165) is 7.28 Å². The summed E-state index contributed by atoms with van der Waals surface area (Å²) in [5.41, 5.74) is 2.42. The Labute approximate surface area is 100 Å². The van der Waals surface area contributed by atoms with Crippen LogP contribution in [0.4, 0.5) is 0 Å². The molecule has 0 aromatic heterocycles. The average Bonchev–Trinajstić information content (AvgIpc) is 2.27. The molecule has 0 aliphatic heterocycles. The molecule has 0 rings (SSSR count). The molecule has 0 aromatic carbocycles. The minimum absolute atomic E-state index is 0.868. The Hall–Kier alpha value is -1.76. The maximum Gasteiger partial charge on any atom is 0.192 e. The first-order chi connectivity index (χ1) is 7.78. The summed E-state index contributed by atoms with van der Waals surface area (Å²) in [7, 11) is 0.868. The molecule has 0 saturated heterocycles. The topological polar surface area (TPSA) is 0 Å². The van der Waals surface area contributed by atoms with Gasteiger partial charge in [-0.3, -0.25) is 0 Å². The van der Waals surface area contributed by atoms with Gasteiger partial charge in [0.2, 0.25) is 0 Å². The predicted octanol–water partition coefficient (Wildman–Crippen LogP) is 3.88. The molecule has 0 nitrogen and oxygen atoms in total. The highest BCUT2D eigenvalue weighted by Crippen LogP contribution is 2.05. The van der Waals surface area contributed by atoms with Crippen molar-refractivity contribution in [1.82, 2.24) is 0 Å². The Morgan fingerprint density at radius 1 is 0.875 bits per heavy atom. The fraction of sp³-hybridized carbons (Fsp3) is 0.0667. The molecule has 0 atom stereocenters. The standard InChI is InChI=1S/C15H19B/c1-5-9-13-15(12-8-4)16-14(10-6-2)11-7-3/h5-13,16H,1-2,4H2,3H3/b11-7-,13-9-,14-10+,15-12+. The van der Waals surface area contributed by atoms with Crippen LogP contribution in [0, 0.1) is 0 Å². The van der Waals surface area contributed by atoms with Crippen LogP contribution in [0.15, 0.2) is 85.4 Å². The van der Waals surface area contributed by atoms with E-state index < -0.39 is 0 Å². The quantitative estimate of drug-likeness (QED) is 0.441. The van der Waals surface area contributed by atoms with E-state index in [4.69, 9.17) is 0 Å². The summed E-state index contributed by atoms with van der Waals surface area (Å²) < 4.78 is 0. The first-order valence-electron chi connectivity index (χ1n) is 5.33. The molecule has 0 saturated carbocycles. The van der Waals surface area contributed by atoms with Crippen LogP contribution in [-0.4, -0.2) is 7.28 Å². The second-order valence-corrected chi connectivity index (χ2v) is 3.23. The average molecular weight is 210 g/mol. The van der Waals surface area contributed by atoms with E-state index >= 15 is 0 Å². The number of hydrogen-bond acceptors (Lipinski definition) is 0. The van der Waals surface area contributed by atoms with Gasteiger partial charge in [-0.1, -0.05) is 85.4 Å². The van der Waals surface area contributed by atoms with Gasteiger partial charge in [0.1, 0.15) is 0 Å². The molecule has 0 amide bonds. The molecule has 0 spiro atoms. The highest BCUT2D eigenvalue weighted by atomic mass is 13.8. The van der Waals surface area contributed by atoms with Gasteiger partial charge in [-0.05, 0) is 6.92 Å². The normalized spacial score (nSPS) is 13.1. The molecule has 0 N–H and O–H groups in total. The molecule has 82 valence electrons. The zero-order chi connectivity index (χ0) is 12.2. The second kappa shape index (κ2) is 9.79. The van der Waals surface area contributed by atoms with Crippen LogP contribution < -0.4 is 0 Å². The van der Waals surface area contributed by atoms with Crippen LogP contribution in [0.25, 0.3) is 0 Å². The van der Waals surface area contributed by atoms with E-state index in [1.165, 1.54) is 10.9 Å². The van der Waals surface area contributed by atoms with Gasteiger partial charge in [-0.15, -0.1) is 0 Å². The van der Waals surface area contributed by atoms with Crippen molar-refractivity contribution in [3.05, 3.63) is 85.4 Å². The monoisotopic (exact) mass is 210 g/mol. The third-order valence-corrected chi connectivity index (χ3v) is 1.90. The Morgan fingerprint density at radius 3 is 1.88 bits per heavy atom. The van der Waals surface area contributed by atoms with Gasteiger partial charge < -0.3 is 0 Å². The van der Waals surface area contributed by atoms with Gasteiger partial charge in [0.15, 0.2) is 7.28 Å². The number of allylic oxidation sites excluding steroid dienone is 11. The summed E-state index contributed by atoms with van der Waals surface area (Å²) in [5.74, 6) is 0. The van der Waals surface area contributed by atoms with E-state index in [9.17, 15) is 0 Å². The molecule has 1 heteroatoms. The van der Waals surface area contributed by atoms with Gasteiger partial charge in [0.25, 0.3) is 0 Å². The van der Waals surface area contributed by atoms with E-state index in [-0.39, 0.29) is 0 Å². The highest BCUT2D eigenvalue weighted by molar-refractivity contribution is 6.55. The maximum absolute atomic E-state index is 3.71. The van der Waals surface area contributed by atoms with E-state index in [2.05, 4.69) is 25.8 Å². The van der Waals surface area contributed by atoms with E-state index in [1.54, 1.807) is 18.2 Å². The summed E-state index contributed by atoms with van der Waals surface area (Å²) in [6.07, 6.45) is 17.5. The van der Waals surface area contributed by atoms with Crippen LogP contribution in [0.5, 0.6) is 0 Å². The molecule has 0 bridgehead atoms. The third kappa shape index (κ3) is 6.66. The minimum atomic E-state index is 0.868. The van der Waals surface area contributed by atoms with Crippen molar-refractivity contribution in [3.8, 4) is 0 Å². The molecule has 0 aliphatic carbocycles. The smallest absolute Gasteiger partial charge is 0.0991 e. The molecule has 0 aliphatic rings. The Kier molecular flexibility index (Phi) is 8.71. The van der Waals surface area contributed by atoms with Gasteiger partial charge in [-0.2, -0.15) is 0 Å². The molecular weight excluding hydrogens is 191 g/mol. The van der Waals surface area contributed by atoms with Gasteiger partial charge in [-0.25, -0.2) is 0 Å². The van der Waals surface area contributed by atoms with Crippen molar-refractivity contribution in [2.75, 3.05) is 0 Å². The van der Waals surface area contributed by atoms with Crippen LogP contribution in [0.2, 0.25) is 0 Å². The van der Waals surface area contributed by atoms with Crippen LogP contribution >= 0.6 is 0 Å². The lowest BCUT2D eigenvalue weighted by atomic mass is 9.62. The fourth-order valence-corrected chi connectivity index (χ4v) is 1.29. The molecule has 0 aromatic rings. The molecule has 0 unspecified atom stereocenters. The summed E-state index contributed by atoms with van der Waals surface area (Å²) >= 11 is 0. The Morgan fingerprint density at radius 2 is 1.44 bits per heavy atom. The van der Waals surface area contributed by atoms with Gasteiger partial charge in [0, 0.05) is 0 Å². The van der Waals surface area contributed by atoms with Crippen molar-refractivity contribution in [2.45, 2.75) is 6.92 Å². The van der Waals surface area contributed by atoms with E-state index in [0.29, 0.717) is 0 Å². The van der Waals surface area contributed by atoms with Crippen LogP contribution in [-0.2, 0) is 0 Å². The van der Waals surface area contributed by atoms with Gasteiger partial charge in [0.05, 0.1) is 0 Å². The lowest BCUT2D eigenvalue weighted by Gasteiger charge is -2.00. The molecule has 0 fully saturated rings. The van der Waals surface area contributed by atoms with Crippen molar-refractivity contribution in [2.24, 2.45) is 0 Å². The Balaban J connectivity index is 4.84. The maximum atomic E-state index is 3.71. The van der Waals surface area contributed by atoms with Crippen molar-refractivity contribution in [3.63, 3.8) is 0 Å². The second-order valence-electron chi connectivity index (χ2n) is 3.23. The zero-order valence-corrected chi connectivity index (χ0v) is 10.0. The largest absolute Gasteiger partial charge is 0.192 e. The number of rotatable bonds is 7. The lowest BCUT2D eigenvalue weighted by molar-refractivity contribution is 1.69. The lowest BCUT2D eigenvalue weighted by Crippen LogP contribution is -1.97. The molecule has 16 heavy (non-hydrogen) atoms. The first kappa shape index (κ1) is 14.2. The van der Waals surface area contributed by atoms with Crippen molar-refractivity contribution in [1.29, 1.82) is 0 Å². The van der Waals surface area contributed by atoms with E-state index in [1.807, 2.05) is 37.3 Å². The summed E-state index contributed by atoms with van der Waals surface area (Å²) in [5, 5.41) is 0. The van der Waals surface area contributed by atoms with Gasteiger partial charge >= 0.3 is 0 Å². The molecule has 0 heterocycles. The highest BCUT2D eigenvalue weighted by Gasteiger charge is 1.98. The third-order valence-electron chi connectivity index (χ3n) is 1.90. The number of hydrogen-bond donors (Lipinski definition) is 0. The summed E-state index contributed by atoms with van der Waals surface area (Å²) in [4.78, 5) is 0. The van der Waals surface area contributed by atoms with Crippen LogP contribution in [0.1, 0.15) is 6.92 Å². The SMILES string of the molecule is C=C/C=C\C(BC(/C=C\C)=C/C=C)=C/C=C. The zero-order valence-electron chi connectivity index (χ0n) is 10.0. The van der Waals surface area contributed by atoms with Crippen molar-refractivity contribution >= 4 is 7.28 Å². The van der Waals surface area contributed by atoms with Crippen LogP contribution in [0.3, 0.4) is 0 Å². The summed E-state index contributed by atoms with van der Waals surface area (Å²) in [6.45, 7) is 13.1. The predicted molar refractivity (Wildman–Crippen MR) is 77.9 cm³/mol. The minimum Gasteiger partial charge on any atom is -0.0991 e. The molecule has 0 radical (unpaired) electrons. The van der Waals surface area contributed by atoms with Crippen molar-refractivity contribution < 1.29 is 0 Å². The summed E-state index contributed by atoms with van der Waals surface area (Å²) in [6, 6.07) is 0.